The Morgan fingerprint density at radius 1 is 1.13 bits per heavy atom. The monoisotopic (exact) mass is 648 g/mol. The normalized spacial score (nSPS) is 22.6. The highest BCUT2D eigenvalue weighted by Gasteiger charge is 2.62. The molecule has 11 nitrogen and oxygen atoms in total. The van der Waals surface area contributed by atoms with Gasteiger partial charge in [-0.15, -0.1) is 13.2 Å². The maximum atomic E-state index is 14.3. The number of amides is 3. The van der Waals surface area contributed by atoms with Crippen molar-refractivity contribution in [1.29, 1.82) is 0 Å². The van der Waals surface area contributed by atoms with Crippen molar-refractivity contribution >= 4 is 34.6 Å². The van der Waals surface area contributed by atoms with Crippen LogP contribution in [0.2, 0.25) is 0 Å². The van der Waals surface area contributed by atoms with E-state index in [2.05, 4.69) is 28.8 Å². The number of alkyl carbamates (subject to hydrolysis) is 1. The first-order chi connectivity index (χ1) is 22.4. The number of likely N-dealkylation sites (tertiary alicyclic amines) is 1. The van der Waals surface area contributed by atoms with Crippen molar-refractivity contribution in [3.05, 3.63) is 61.8 Å². The van der Waals surface area contributed by atoms with Gasteiger partial charge in [0.15, 0.2) is 0 Å². The van der Waals surface area contributed by atoms with Crippen molar-refractivity contribution in [1.82, 2.24) is 20.5 Å². The fourth-order valence-electron chi connectivity index (χ4n) is 6.00. The van der Waals surface area contributed by atoms with Gasteiger partial charge in [-0.2, -0.15) is 0 Å². The highest BCUT2D eigenvalue weighted by molar-refractivity contribution is 5.96. The van der Waals surface area contributed by atoms with Crippen LogP contribution in [-0.2, 0) is 23.9 Å². The van der Waals surface area contributed by atoms with Gasteiger partial charge >= 0.3 is 12.1 Å². The molecule has 1 aliphatic carbocycles. The van der Waals surface area contributed by atoms with Crippen LogP contribution in [0.3, 0.4) is 0 Å². The van der Waals surface area contributed by atoms with Crippen molar-refractivity contribution in [2.45, 2.75) is 102 Å². The quantitative estimate of drug-likeness (QED) is 0.152. The topological polar surface area (TPSA) is 136 Å². The lowest BCUT2D eigenvalue weighted by molar-refractivity contribution is -0.150. The summed E-state index contributed by atoms with van der Waals surface area (Å²) in [5.41, 5.74) is -2.01. The number of hydrogen-bond acceptors (Lipinski definition) is 8. The summed E-state index contributed by atoms with van der Waals surface area (Å²) >= 11 is 0. The third-order valence-corrected chi connectivity index (χ3v) is 8.44. The summed E-state index contributed by atoms with van der Waals surface area (Å²) in [6.07, 6.45) is 7.92. The van der Waals surface area contributed by atoms with E-state index in [1.54, 1.807) is 40.0 Å². The molecule has 0 spiro atoms. The largest absolute Gasteiger partial charge is 0.472 e. The molecule has 4 rings (SSSR count). The fraction of sp³-hybridized carbons (Fsp3) is 0.528. The van der Waals surface area contributed by atoms with E-state index >= 15 is 0 Å². The molecule has 2 aliphatic rings. The Morgan fingerprint density at radius 3 is 2.57 bits per heavy atom. The van der Waals surface area contributed by atoms with Crippen molar-refractivity contribution in [2.75, 3.05) is 13.2 Å². The van der Waals surface area contributed by atoms with E-state index in [4.69, 9.17) is 14.2 Å². The first-order valence-corrected chi connectivity index (χ1v) is 16.5. The minimum absolute atomic E-state index is 0.0715. The highest BCUT2D eigenvalue weighted by atomic mass is 16.6. The Morgan fingerprint density at radius 2 is 1.89 bits per heavy atom. The second-order valence-corrected chi connectivity index (χ2v) is 13.2. The number of rotatable bonds is 15. The summed E-state index contributed by atoms with van der Waals surface area (Å²) in [7, 11) is 0. The number of benzene rings is 1. The van der Waals surface area contributed by atoms with E-state index in [1.165, 1.54) is 4.90 Å². The van der Waals surface area contributed by atoms with E-state index in [1.807, 2.05) is 36.4 Å². The second-order valence-electron chi connectivity index (χ2n) is 13.2. The van der Waals surface area contributed by atoms with Crippen LogP contribution in [0.5, 0.6) is 5.88 Å². The minimum Gasteiger partial charge on any atom is -0.472 e. The SMILES string of the molecule is C=CCCCCC[C@H](NC(=O)OC(C)(C)C)C(=O)N1C[C@H](Oc2nccc3ccccc23)C[C@H]1C(=O)N[C@]1(C(=O)OCC)C[C@H]1C=C. The molecule has 2 N–H and O–H groups in total. The van der Waals surface area contributed by atoms with E-state index in [-0.39, 0.29) is 25.5 Å². The van der Waals surface area contributed by atoms with Crippen LogP contribution < -0.4 is 15.4 Å². The highest BCUT2D eigenvalue weighted by Crippen LogP contribution is 2.45. The molecule has 1 aromatic heterocycles. The van der Waals surface area contributed by atoms with Gasteiger partial charge in [-0.05, 0) is 70.9 Å². The van der Waals surface area contributed by atoms with Crippen molar-refractivity contribution < 1.29 is 33.4 Å². The number of esters is 1. The number of unbranched alkanes of at least 4 members (excludes halogenated alkanes) is 3. The molecule has 1 saturated heterocycles. The minimum atomic E-state index is -1.24. The van der Waals surface area contributed by atoms with Gasteiger partial charge in [0, 0.05) is 23.9 Å². The van der Waals surface area contributed by atoms with Gasteiger partial charge in [0.1, 0.15) is 29.3 Å². The number of aromatic nitrogens is 1. The van der Waals surface area contributed by atoms with Crippen LogP contribution >= 0.6 is 0 Å². The molecule has 5 atom stereocenters. The Kier molecular flexibility index (Phi) is 11.7. The molecule has 2 fully saturated rings. The number of nitrogens with zero attached hydrogens (tertiary/aromatic N) is 2. The Labute approximate surface area is 277 Å². The lowest BCUT2D eigenvalue weighted by Crippen LogP contribution is -2.56. The van der Waals surface area contributed by atoms with Gasteiger partial charge in [-0.1, -0.05) is 43.2 Å². The first-order valence-electron chi connectivity index (χ1n) is 16.5. The van der Waals surface area contributed by atoms with Gasteiger partial charge in [0.2, 0.25) is 17.7 Å². The van der Waals surface area contributed by atoms with E-state index in [9.17, 15) is 19.2 Å². The Bertz CT molecular complexity index is 1470. The standard InChI is InChI=1S/C36H48N4O7/c1-7-10-11-12-13-18-28(38-34(44)47-35(4,5)6)32(42)40-23-26(46-31-27-17-15-14-16-24(27)19-20-37-31)21-29(40)30(41)39-36(22-25(36)8-2)33(43)45-9-3/h7-8,14-17,19-20,25-26,28-29H,1-2,9-13,18,21-23H2,3-6H3,(H,38,44)(H,39,41)/t25-,26-,28+,29+,36-/m1/s1. The predicted molar refractivity (Wildman–Crippen MR) is 179 cm³/mol. The van der Waals surface area contributed by atoms with Gasteiger partial charge < -0.3 is 29.7 Å². The second kappa shape index (κ2) is 15.5. The fourth-order valence-corrected chi connectivity index (χ4v) is 6.00. The summed E-state index contributed by atoms with van der Waals surface area (Å²) in [4.78, 5) is 60.1. The molecule has 0 unspecified atom stereocenters. The predicted octanol–water partition coefficient (Wildman–Crippen LogP) is 5.24. The molecule has 2 aromatic rings. The molecule has 3 amide bonds. The number of carbonyl (C=O) groups excluding carboxylic acids is 4. The molecule has 47 heavy (non-hydrogen) atoms. The summed E-state index contributed by atoms with van der Waals surface area (Å²) < 4.78 is 17.1. The molecule has 0 radical (unpaired) electrons. The van der Waals surface area contributed by atoms with Crippen molar-refractivity contribution in [3.8, 4) is 5.88 Å². The Hall–Kier alpha value is -4.41. The van der Waals surface area contributed by atoms with Crippen LogP contribution in [0, 0.1) is 5.92 Å². The number of carbonyl (C=O) groups is 4. The summed E-state index contributed by atoms with van der Waals surface area (Å²) in [5, 5.41) is 7.40. The number of hydrogen-bond donors (Lipinski definition) is 2. The first kappa shape index (κ1) is 35.4. The van der Waals surface area contributed by atoms with Gasteiger partial charge in [-0.25, -0.2) is 14.6 Å². The van der Waals surface area contributed by atoms with Gasteiger partial charge in [0.25, 0.3) is 0 Å². The van der Waals surface area contributed by atoms with Crippen LogP contribution in [-0.4, -0.2) is 76.2 Å². The van der Waals surface area contributed by atoms with E-state index in [0.29, 0.717) is 25.1 Å². The molecule has 1 aromatic carbocycles. The number of allylic oxidation sites excluding steroid dienone is 1. The number of nitrogens with one attached hydrogen (secondary N) is 2. The lowest BCUT2D eigenvalue weighted by atomic mass is 10.0. The molecule has 0 bridgehead atoms. The van der Waals surface area contributed by atoms with Crippen LogP contribution in [0.4, 0.5) is 4.79 Å². The van der Waals surface area contributed by atoms with E-state index in [0.717, 1.165) is 30.0 Å². The lowest BCUT2D eigenvalue weighted by Gasteiger charge is -2.30. The zero-order valence-corrected chi connectivity index (χ0v) is 28.0. The molecular formula is C36H48N4O7. The molecule has 1 saturated carbocycles. The van der Waals surface area contributed by atoms with Crippen molar-refractivity contribution in [2.24, 2.45) is 5.92 Å². The summed E-state index contributed by atoms with van der Waals surface area (Å²) in [6.45, 7) is 14.7. The number of fused-ring (bicyclic) bond motifs is 1. The summed E-state index contributed by atoms with van der Waals surface area (Å²) in [6, 6.07) is 7.62. The maximum Gasteiger partial charge on any atom is 0.408 e. The third-order valence-electron chi connectivity index (χ3n) is 8.44. The molecule has 11 heteroatoms. The van der Waals surface area contributed by atoms with Gasteiger partial charge in [-0.3, -0.25) is 9.59 Å². The van der Waals surface area contributed by atoms with Crippen LogP contribution in [0.25, 0.3) is 10.8 Å². The van der Waals surface area contributed by atoms with Crippen LogP contribution in [0.1, 0.15) is 72.6 Å². The summed E-state index contributed by atoms with van der Waals surface area (Å²) in [5.74, 6) is -1.37. The smallest absolute Gasteiger partial charge is 0.408 e. The zero-order valence-electron chi connectivity index (χ0n) is 28.0. The molecular weight excluding hydrogens is 600 g/mol. The average molecular weight is 649 g/mol. The molecule has 1 aliphatic heterocycles. The number of ether oxygens (including phenoxy) is 3. The zero-order chi connectivity index (χ0) is 34.2. The number of pyridine rings is 1. The van der Waals surface area contributed by atoms with Gasteiger partial charge in [0.05, 0.1) is 13.2 Å². The van der Waals surface area contributed by atoms with Crippen LogP contribution in [0.15, 0.2) is 61.8 Å². The maximum absolute atomic E-state index is 14.3. The average Bonchev–Trinajstić information content (AvgIpc) is 3.58. The third kappa shape index (κ3) is 8.90. The molecule has 254 valence electrons. The Balaban J connectivity index is 1.61. The molecule has 2 heterocycles. The van der Waals surface area contributed by atoms with E-state index < -0.39 is 53.2 Å². The van der Waals surface area contributed by atoms with Crippen molar-refractivity contribution in [3.63, 3.8) is 0 Å².